The van der Waals surface area contributed by atoms with Crippen LogP contribution in [0.1, 0.15) is 0 Å². The molecule has 0 bridgehead atoms. The maximum absolute atomic E-state index is 2.37. The number of nitrogens with zero attached hydrogens (tertiary/aromatic N) is 1. The first-order valence-electron chi connectivity index (χ1n) is 19.2. The number of rotatable bonds is 6. The summed E-state index contributed by atoms with van der Waals surface area (Å²) in [6, 6.07) is 77.8. The van der Waals surface area contributed by atoms with Crippen molar-refractivity contribution in [1.82, 2.24) is 0 Å². The molecule has 11 rings (SSSR count). The van der Waals surface area contributed by atoms with Crippen molar-refractivity contribution in [2.75, 3.05) is 4.90 Å². The molecule has 0 aliphatic heterocycles. The predicted octanol–water partition coefficient (Wildman–Crippen LogP) is 16.0. The van der Waals surface area contributed by atoms with Crippen LogP contribution in [0.5, 0.6) is 0 Å². The van der Waals surface area contributed by atoms with E-state index in [-0.39, 0.29) is 0 Å². The average Bonchev–Trinajstić information content (AvgIpc) is 3.65. The van der Waals surface area contributed by atoms with Gasteiger partial charge in [-0.1, -0.05) is 146 Å². The van der Waals surface area contributed by atoms with Gasteiger partial charge in [0.05, 0.1) is 0 Å². The molecular formula is C54H35NS. The quantitative estimate of drug-likeness (QED) is 0.154. The lowest BCUT2D eigenvalue weighted by atomic mass is 9.93. The van der Waals surface area contributed by atoms with Gasteiger partial charge in [0.15, 0.2) is 0 Å². The topological polar surface area (TPSA) is 3.24 Å². The van der Waals surface area contributed by atoms with E-state index in [9.17, 15) is 0 Å². The molecule has 0 N–H and O–H groups in total. The Hall–Kier alpha value is -7.00. The van der Waals surface area contributed by atoms with Crippen LogP contribution in [0.4, 0.5) is 17.1 Å². The lowest BCUT2D eigenvalue weighted by Crippen LogP contribution is -2.09. The molecule has 10 aromatic carbocycles. The lowest BCUT2D eigenvalue weighted by Gasteiger charge is -2.26. The fraction of sp³-hybridized carbons (Fsp3) is 0. The third-order valence-corrected chi connectivity index (χ3v) is 12.4. The Balaban J connectivity index is 0.992. The Morgan fingerprint density at radius 1 is 0.268 bits per heavy atom. The molecule has 0 unspecified atom stereocenters. The first-order valence-corrected chi connectivity index (χ1v) is 20.0. The van der Waals surface area contributed by atoms with Crippen molar-refractivity contribution in [2.45, 2.75) is 0 Å². The summed E-state index contributed by atoms with van der Waals surface area (Å²) in [5, 5.41) is 10.2. The molecule has 0 saturated carbocycles. The molecule has 0 aliphatic rings. The van der Waals surface area contributed by atoms with Crippen LogP contribution in [-0.2, 0) is 0 Å². The predicted molar refractivity (Wildman–Crippen MR) is 243 cm³/mol. The highest BCUT2D eigenvalue weighted by atomic mass is 32.1. The van der Waals surface area contributed by atoms with Crippen molar-refractivity contribution in [3.8, 4) is 33.4 Å². The van der Waals surface area contributed by atoms with Gasteiger partial charge in [-0.2, -0.15) is 0 Å². The second kappa shape index (κ2) is 13.4. The molecule has 0 radical (unpaired) electrons. The van der Waals surface area contributed by atoms with Crippen LogP contribution < -0.4 is 4.90 Å². The summed E-state index contributed by atoms with van der Waals surface area (Å²) in [6.45, 7) is 0. The van der Waals surface area contributed by atoms with Gasteiger partial charge in [0, 0.05) is 37.2 Å². The molecule has 0 saturated heterocycles. The Labute approximate surface area is 330 Å². The van der Waals surface area contributed by atoms with Crippen molar-refractivity contribution in [3.63, 3.8) is 0 Å². The zero-order valence-electron chi connectivity index (χ0n) is 30.6. The Morgan fingerprint density at radius 3 is 1.45 bits per heavy atom. The lowest BCUT2D eigenvalue weighted by molar-refractivity contribution is 1.28. The van der Waals surface area contributed by atoms with Crippen molar-refractivity contribution in [1.29, 1.82) is 0 Å². The smallest absolute Gasteiger partial charge is 0.0462 e. The molecule has 2 heteroatoms. The molecule has 1 aromatic heterocycles. The van der Waals surface area contributed by atoms with Gasteiger partial charge in [-0.3, -0.25) is 0 Å². The first kappa shape index (κ1) is 32.4. The highest BCUT2D eigenvalue weighted by Gasteiger charge is 2.16. The van der Waals surface area contributed by atoms with Gasteiger partial charge in [0.1, 0.15) is 0 Å². The summed E-state index contributed by atoms with van der Waals surface area (Å²) < 4.78 is 2.65. The zero-order valence-corrected chi connectivity index (χ0v) is 31.4. The summed E-state index contributed by atoms with van der Waals surface area (Å²) in [6.07, 6.45) is 0. The van der Waals surface area contributed by atoms with Crippen LogP contribution in [0.2, 0.25) is 0 Å². The van der Waals surface area contributed by atoms with Gasteiger partial charge in [-0.25, -0.2) is 0 Å². The normalized spacial score (nSPS) is 11.6. The summed E-state index contributed by atoms with van der Waals surface area (Å²) in [4.78, 5) is 2.37. The fourth-order valence-electron chi connectivity index (χ4n) is 8.41. The van der Waals surface area contributed by atoms with Crippen LogP contribution in [-0.4, -0.2) is 0 Å². The van der Waals surface area contributed by atoms with Gasteiger partial charge in [-0.05, 0) is 132 Å². The fourth-order valence-corrected chi connectivity index (χ4v) is 9.50. The van der Waals surface area contributed by atoms with Crippen LogP contribution in [0.25, 0.3) is 85.9 Å². The largest absolute Gasteiger partial charge is 0.311 e. The van der Waals surface area contributed by atoms with Crippen LogP contribution >= 0.6 is 11.3 Å². The minimum absolute atomic E-state index is 1.11. The molecular weight excluding hydrogens is 695 g/mol. The second-order valence-corrected chi connectivity index (χ2v) is 15.6. The van der Waals surface area contributed by atoms with Gasteiger partial charge in [0.2, 0.25) is 0 Å². The molecule has 1 heterocycles. The first-order chi connectivity index (χ1) is 27.7. The van der Waals surface area contributed by atoms with Gasteiger partial charge in [0.25, 0.3) is 0 Å². The zero-order chi connectivity index (χ0) is 37.0. The maximum Gasteiger partial charge on any atom is 0.0462 e. The van der Waals surface area contributed by atoms with E-state index in [0.29, 0.717) is 0 Å². The molecule has 0 amide bonds. The van der Waals surface area contributed by atoms with Crippen molar-refractivity contribution in [2.24, 2.45) is 0 Å². The number of fused-ring (bicyclic) bond motifs is 7. The van der Waals surface area contributed by atoms with E-state index in [4.69, 9.17) is 0 Å². The Morgan fingerprint density at radius 2 is 0.750 bits per heavy atom. The number of thiophene rings is 1. The van der Waals surface area contributed by atoms with Crippen molar-refractivity contribution >= 4 is 80.9 Å². The van der Waals surface area contributed by atoms with E-state index in [1.807, 2.05) is 11.3 Å². The number of anilines is 3. The minimum Gasteiger partial charge on any atom is -0.311 e. The Bertz CT molecular complexity index is 3230. The summed E-state index contributed by atoms with van der Waals surface area (Å²) in [5.41, 5.74) is 10.6. The monoisotopic (exact) mass is 729 g/mol. The molecule has 0 spiro atoms. The number of hydrogen-bond acceptors (Lipinski definition) is 2. The van der Waals surface area contributed by atoms with Gasteiger partial charge < -0.3 is 4.90 Å². The third-order valence-electron chi connectivity index (χ3n) is 11.2. The van der Waals surface area contributed by atoms with Gasteiger partial charge in [-0.15, -0.1) is 11.3 Å². The van der Waals surface area contributed by atoms with E-state index < -0.39 is 0 Å². The van der Waals surface area contributed by atoms with E-state index >= 15 is 0 Å². The molecule has 0 atom stereocenters. The molecule has 262 valence electrons. The summed E-state index contributed by atoms with van der Waals surface area (Å²) in [5.74, 6) is 0. The average molecular weight is 730 g/mol. The number of hydrogen-bond donors (Lipinski definition) is 0. The van der Waals surface area contributed by atoms with E-state index in [1.165, 1.54) is 85.9 Å². The SMILES string of the molecule is c1ccc2cc(-c3ccc(N(c4ccc(-c5ccc6sc7ccccc7c6c5)cc4)c4ccc(-c5cc6ccccc6c6ccccc56)cc4)cc3)ccc2c1. The van der Waals surface area contributed by atoms with Crippen molar-refractivity contribution < 1.29 is 0 Å². The third kappa shape index (κ3) is 5.62. The van der Waals surface area contributed by atoms with Gasteiger partial charge >= 0.3 is 0 Å². The van der Waals surface area contributed by atoms with Crippen molar-refractivity contribution in [3.05, 3.63) is 212 Å². The van der Waals surface area contributed by atoms with E-state index in [0.717, 1.165) is 17.1 Å². The second-order valence-electron chi connectivity index (χ2n) is 14.5. The highest BCUT2D eigenvalue weighted by Crippen LogP contribution is 2.41. The number of benzene rings is 10. The molecule has 0 aliphatic carbocycles. The Kier molecular flexibility index (Phi) is 7.75. The van der Waals surface area contributed by atoms with Crippen LogP contribution in [0, 0.1) is 0 Å². The molecule has 11 aromatic rings. The maximum atomic E-state index is 2.37. The molecule has 0 fully saturated rings. The van der Waals surface area contributed by atoms with Crippen LogP contribution in [0.15, 0.2) is 212 Å². The summed E-state index contributed by atoms with van der Waals surface area (Å²) in [7, 11) is 0. The highest BCUT2D eigenvalue weighted by molar-refractivity contribution is 7.25. The van der Waals surface area contributed by atoms with E-state index in [2.05, 4.69) is 217 Å². The summed E-state index contributed by atoms with van der Waals surface area (Å²) >= 11 is 1.86. The van der Waals surface area contributed by atoms with E-state index in [1.54, 1.807) is 0 Å². The molecule has 56 heavy (non-hydrogen) atoms. The molecule has 1 nitrogen and oxygen atoms in total. The van der Waals surface area contributed by atoms with Crippen LogP contribution in [0.3, 0.4) is 0 Å². The minimum atomic E-state index is 1.11. The standard InChI is InChI=1S/C54H35NS/c1-2-10-40-33-41(18-17-36(40)9-1)37-19-26-44(27-20-37)55(45-28-21-38(22-29-45)42-25-32-54-52(34-42)50-15-7-8-16-53(50)56-54)46-30-23-39(24-31-46)51-35-43-11-3-4-12-47(43)48-13-5-6-14-49(48)51/h1-35H.